The van der Waals surface area contributed by atoms with Gasteiger partial charge in [0.05, 0.1) is 0 Å². The highest BCUT2D eigenvalue weighted by Gasteiger charge is 2.15. The van der Waals surface area contributed by atoms with Crippen LogP contribution in [0.3, 0.4) is 0 Å². The van der Waals surface area contributed by atoms with Gasteiger partial charge in [-0.15, -0.1) is 0 Å². The average molecular weight is 287 g/mol. The van der Waals surface area contributed by atoms with Crippen LogP contribution in [0.1, 0.15) is 45.1 Å². The molecule has 0 N–H and O–H groups in total. The molecule has 1 nitrogen and oxygen atoms in total. The minimum absolute atomic E-state index is 0.231. The van der Waals surface area contributed by atoms with Crippen molar-refractivity contribution in [2.24, 2.45) is 0 Å². The van der Waals surface area contributed by atoms with Crippen LogP contribution in [-0.4, -0.2) is 16.1 Å². The quantitative estimate of drug-likeness (QED) is 0.417. The lowest BCUT2D eigenvalue weighted by molar-refractivity contribution is 0.109. The average Bonchev–Trinajstić information content (AvgIpc) is 2.35. The third-order valence-corrected chi connectivity index (χ3v) is 3.64. The van der Waals surface area contributed by atoms with Crippen molar-refractivity contribution in [3.05, 3.63) is 35.1 Å². The van der Waals surface area contributed by atoms with Gasteiger partial charge in [-0.25, -0.2) is 13.2 Å². The largest absolute Gasteiger partial charge is 0.414 e. The van der Waals surface area contributed by atoms with Crippen LogP contribution in [0.2, 0.25) is 0 Å². The summed E-state index contributed by atoms with van der Waals surface area (Å²) in [6.45, 7) is 3.93. The lowest BCUT2D eigenvalue weighted by atomic mass is 9.99. The van der Waals surface area contributed by atoms with Gasteiger partial charge in [0, 0.05) is 11.7 Å². The molecule has 5 heteroatoms. The molecule has 0 aliphatic heterocycles. The van der Waals surface area contributed by atoms with Crippen molar-refractivity contribution in [1.29, 1.82) is 0 Å². The zero-order valence-electron chi connectivity index (χ0n) is 11.2. The fourth-order valence-electron chi connectivity index (χ4n) is 1.85. The summed E-state index contributed by atoms with van der Waals surface area (Å²) in [5.74, 6) is -2.81. The second-order valence-electron chi connectivity index (χ2n) is 5.28. The van der Waals surface area contributed by atoms with Crippen LogP contribution in [0.4, 0.5) is 13.2 Å². The Hall–Kier alpha value is -0.813. The van der Waals surface area contributed by atoms with Crippen molar-refractivity contribution in [2.75, 3.05) is 0 Å². The topological polar surface area (TPSA) is 9.23 Å². The maximum absolute atomic E-state index is 13.4. The van der Waals surface area contributed by atoms with E-state index in [1.54, 1.807) is 0 Å². The van der Waals surface area contributed by atoms with Crippen molar-refractivity contribution in [2.45, 2.75) is 51.6 Å². The summed E-state index contributed by atoms with van der Waals surface area (Å²) < 4.78 is 44.2. The highest BCUT2D eigenvalue weighted by molar-refractivity contribution is 5.98. The van der Waals surface area contributed by atoms with E-state index in [0.717, 1.165) is 31.7 Å². The lowest BCUT2D eigenvalue weighted by Crippen LogP contribution is -2.22. The second-order valence-corrected chi connectivity index (χ2v) is 5.48. The molecule has 0 fully saturated rings. The van der Waals surface area contributed by atoms with Gasteiger partial charge in [0.1, 0.15) is 5.82 Å². The summed E-state index contributed by atoms with van der Waals surface area (Å²) in [6, 6.07) is 1.54. The predicted octanol–water partition coefficient (Wildman–Crippen LogP) is 4.09. The lowest BCUT2D eigenvalue weighted by Gasteiger charge is -2.22. The number of rotatable bonds is 7. The highest BCUT2D eigenvalue weighted by Crippen LogP contribution is 2.19. The first kappa shape index (κ1) is 16.2. The van der Waals surface area contributed by atoms with Crippen LogP contribution in [0.25, 0.3) is 0 Å². The van der Waals surface area contributed by atoms with E-state index in [1.165, 1.54) is 0 Å². The van der Waals surface area contributed by atoms with Gasteiger partial charge in [0.15, 0.2) is 11.6 Å². The Morgan fingerprint density at radius 3 is 2.26 bits per heavy atom. The molecule has 1 aromatic rings. The minimum Gasteiger partial charge on any atom is -0.414 e. The molecule has 0 bridgehead atoms. The van der Waals surface area contributed by atoms with E-state index in [-0.39, 0.29) is 11.2 Å². The third-order valence-electron chi connectivity index (χ3n) is 3.09. The van der Waals surface area contributed by atoms with Gasteiger partial charge in [0.25, 0.3) is 0 Å². The maximum atomic E-state index is 13.4. The first-order valence-corrected chi connectivity index (χ1v) is 6.75. The second kappa shape index (κ2) is 7.10. The smallest absolute Gasteiger partial charge is 0.246 e. The Morgan fingerprint density at radius 1 is 1.00 bits per heavy atom. The Kier molecular flexibility index (Phi) is 6.07. The maximum Gasteiger partial charge on any atom is 0.246 e. The Morgan fingerprint density at radius 2 is 1.63 bits per heavy atom. The molecule has 1 rings (SSSR count). The molecule has 19 heavy (non-hydrogen) atoms. The van der Waals surface area contributed by atoms with E-state index < -0.39 is 17.5 Å². The van der Waals surface area contributed by atoms with Crippen molar-refractivity contribution in [3.63, 3.8) is 0 Å². The Bertz CT molecular complexity index is 421. The van der Waals surface area contributed by atoms with Crippen molar-refractivity contribution in [3.8, 4) is 0 Å². The Balaban J connectivity index is 2.36. The summed E-state index contributed by atoms with van der Waals surface area (Å²) in [5.41, 5.74) is -0.000974. The molecule has 0 heterocycles. The van der Waals surface area contributed by atoms with Gasteiger partial charge >= 0.3 is 0 Å². The number of aryl methyl sites for hydroxylation is 1. The summed E-state index contributed by atoms with van der Waals surface area (Å²) >= 11 is 0. The zero-order chi connectivity index (χ0) is 14.5. The van der Waals surface area contributed by atoms with E-state index in [4.69, 9.17) is 4.43 Å². The molecule has 0 atom stereocenters. The highest BCUT2D eigenvalue weighted by atomic mass is 28.2. The molecule has 0 aromatic heterocycles. The number of benzene rings is 1. The summed E-state index contributed by atoms with van der Waals surface area (Å²) in [6.07, 6.45) is 3.84. The normalized spacial score (nSPS) is 11.9. The first-order valence-electron chi connectivity index (χ1n) is 6.34. The zero-order valence-corrected chi connectivity index (χ0v) is 12.2. The van der Waals surface area contributed by atoms with Gasteiger partial charge < -0.3 is 4.43 Å². The van der Waals surface area contributed by atoms with E-state index in [2.05, 4.69) is 10.5 Å². The molecule has 3 radical (unpaired) electrons. The van der Waals surface area contributed by atoms with Crippen molar-refractivity contribution < 1.29 is 17.6 Å². The van der Waals surface area contributed by atoms with Gasteiger partial charge in [-0.05, 0) is 44.7 Å². The van der Waals surface area contributed by atoms with Crippen LogP contribution in [0.15, 0.2) is 12.1 Å². The number of halogens is 3. The van der Waals surface area contributed by atoms with Gasteiger partial charge in [0.2, 0.25) is 10.5 Å². The Labute approximate surface area is 115 Å². The van der Waals surface area contributed by atoms with Crippen LogP contribution in [0.5, 0.6) is 0 Å². The molecule has 0 aliphatic carbocycles. The number of hydrogen-bond donors (Lipinski definition) is 0. The van der Waals surface area contributed by atoms with Crippen LogP contribution < -0.4 is 0 Å². The van der Waals surface area contributed by atoms with Gasteiger partial charge in [-0.3, -0.25) is 0 Å². The fourth-order valence-corrected chi connectivity index (χ4v) is 1.95. The molecule has 0 saturated heterocycles. The first-order chi connectivity index (χ1) is 8.85. The summed E-state index contributed by atoms with van der Waals surface area (Å²) in [5, 5.41) is 0. The predicted molar refractivity (Wildman–Crippen MR) is 69.4 cm³/mol. The molecule has 0 saturated carbocycles. The third kappa shape index (κ3) is 5.36. The van der Waals surface area contributed by atoms with Crippen LogP contribution in [-0.2, 0) is 10.8 Å². The summed E-state index contributed by atoms with van der Waals surface area (Å²) in [7, 11) is 3.02. The standard InChI is InChI=1S/C14H18F3OSi/c1-14(2,18-19)7-5-3-4-6-10-8-12(16)13(17)9-11(10)15/h8-9H,3-7H2,1-2H3. The van der Waals surface area contributed by atoms with E-state index in [0.29, 0.717) is 12.5 Å². The van der Waals surface area contributed by atoms with Gasteiger partial charge in [-0.1, -0.05) is 12.8 Å². The van der Waals surface area contributed by atoms with Crippen LogP contribution in [0, 0.1) is 17.5 Å². The number of unbranched alkanes of at least 4 members (excludes halogenated alkanes) is 2. The van der Waals surface area contributed by atoms with Crippen molar-refractivity contribution >= 4 is 10.5 Å². The van der Waals surface area contributed by atoms with Crippen molar-refractivity contribution in [1.82, 2.24) is 0 Å². The minimum atomic E-state index is -1.14. The van der Waals surface area contributed by atoms with Gasteiger partial charge in [-0.2, -0.15) is 0 Å². The molecule has 0 unspecified atom stereocenters. The molecular formula is C14H18F3OSi. The molecule has 0 amide bonds. The monoisotopic (exact) mass is 287 g/mol. The van der Waals surface area contributed by atoms with Crippen LogP contribution >= 0.6 is 0 Å². The molecule has 105 valence electrons. The molecule has 1 aromatic carbocycles. The molecule has 0 aliphatic rings. The summed E-state index contributed by atoms with van der Waals surface area (Å²) in [4.78, 5) is 0. The molecular weight excluding hydrogens is 269 g/mol. The SMILES string of the molecule is CC(C)(CCCCCc1cc(F)c(F)cc1F)O[Si]. The van der Waals surface area contributed by atoms with E-state index in [9.17, 15) is 13.2 Å². The molecule has 0 spiro atoms. The fraction of sp³-hybridized carbons (Fsp3) is 0.571. The number of hydrogen-bond acceptors (Lipinski definition) is 1. The van der Waals surface area contributed by atoms with E-state index >= 15 is 0 Å². The van der Waals surface area contributed by atoms with E-state index in [1.807, 2.05) is 13.8 Å².